The summed E-state index contributed by atoms with van der Waals surface area (Å²) >= 11 is 6.30. The largest absolute Gasteiger partial charge is 0.369 e. The van der Waals surface area contributed by atoms with Crippen molar-refractivity contribution in [2.45, 2.75) is 50.9 Å². The van der Waals surface area contributed by atoms with Gasteiger partial charge in [-0.25, -0.2) is 4.39 Å². The number of aromatic nitrogens is 1. The Labute approximate surface area is 197 Å². The lowest BCUT2D eigenvalue weighted by atomic mass is 9.63. The molecule has 7 heteroatoms. The fourth-order valence-electron chi connectivity index (χ4n) is 5.19. The quantitative estimate of drug-likeness (QED) is 0.492. The Balaban J connectivity index is 1.66. The van der Waals surface area contributed by atoms with Crippen molar-refractivity contribution in [3.05, 3.63) is 76.3 Å². The fourth-order valence-corrected chi connectivity index (χ4v) is 5.44. The first kappa shape index (κ1) is 23.2. The monoisotopic (exact) mass is 468 g/mol. The molecule has 0 radical (unpaired) electrons. The number of nitrogens with zero attached hydrogens (tertiary/aromatic N) is 1. The van der Waals surface area contributed by atoms with Gasteiger partial charge >= 0.3 is 0 Å². The predicted octanol–water partition coefficient (Wildman–Crippen LogP) is 5.56. The number of hydrogen-bond acceptors (Lipinski definition) is 4. The zero-order valence-electron chi connectivity index (χ0n) is 18.4. The Morgan fingerprint density at radius 3 is 2.67 bits per heavy atom. The number of halogens is 2. The molecule has 3 aromatic rings. The van der Waals surface area contributed by atoms with Gasteiger partial charge in [0.25, 0.3) is 0 Å². The highest BCUT2D eigenvalue weighted by molar-refractivity contribution is 6.33. The minimum Gasteiger partial charge on any atom is -0.369 e. The standard InChI is InChI=1S/C26H26ClFN2O3/c1-16-23(24(30-33-16)22-20(27)10-5-11-21(22)28)26(25(29)32)12-6-9-18(15-26)14-19(31)13-17-7-3-2-4-8-17/h2-5,7-8,10-11,18H,6,9,12-15H2,1H3,(H2,29,32). The van der Waals surface area contributed by atoms with Gasteiger partial charge in [0.05, 0.1) is 16.0 Å². The fraction of sp³-hybridized carbons (Fsp3) is 0.346. The number of Topliss-reactive ketones (excluding diaryl/α,β-unsaturated/α-hetero) is 1. The van der Waals surface area contributed by atoms with E-state index in [-0.39, 0.29) is 28.0 Å². The average Bonchev–Trinajstić information content (AvgIpc) is 3.15. The van der Waals surface area contributed by atoms with Gasteiger partial charge in [-0.2, -0.15) is 0 Å². The van der Waals surface area contributed by atoms with Crippen molar-refractivity contribution in [2.24, 2.45) is 11.7 Å². The number of amides is 1. The highest BCUT2D eigenvalue weighted by Crippen LogP contribution is 2.48. The molecular formula is C26H26ClFN2O3. The summed E-state index contributed by atoms with van der Waals surface area (Å²) in [6.07, 6.45) is 3.08. The molecule has 1 amide bonds. The Hall–Kier alpha value is -2.99. The third-order valence-corrected chi connectivity index (χ3v) is 6.94. The second-order valence-electron chi connectivity index (χ2n) is 8.87. The number of aryl methyl sites for hydroxylation is 1. The second-order valence-corrected chi connectivity index (χ2v) is 9.28. The maximum atomic E-state index is 14.7. The highest BCUT2D eigenvalue weighted by atomic mass is 35.5. The van der Waals surface area contributed by atoms with Crippen molar-refractivity contribution in [2.75, 3.05) is 0 Å². The summed E-state index contributed by atoms with van der Waals surface area (Å²) in [7, 11) is 0. The number of rotatable bonds is 7. The van der Waals surface area contributed by atoms with E-state index in [9.17, 15) is 14.0 Å². The maximum Gasteiger partial charge on any atom is 0.228 e. The Kier molecular flexibility index (Phi) is 6.66. The van der Waals surface area contributed by atoms with Gasteiger partial charge in [-0.1, -0.05) is 59.6 Å². The van der Waals surface area contributed by atoms with Gasteiger partial charge in [0, 0.05) is 18.4 Å². The smallest absolute Gasteiger partial charge is 0.228 e. The lowest BCUT2D eigenvalue weighted by Gasteiger charge is -2.38. The second kappa shape index (κ2) is 9.48. The molecule has 33 heavy (non-hydrogen) atoms. The minimum absolute atomic E-state index is 0.0271. The molecule has 2 N–H and O–H groups in total. The van der Waals surface area contributed by atoms with Gasteiger partial charge in [0.2, 0.25) is 5.91 Å². The van der Waals surface area contributed by atoms with Gasteiger partial charge in [-0.15, -0.1) is 0 Å². The first-order chi connectivity index (χ1) is 15.8. The first-order valence-electron chi connectivity index (χ1n) is 11.1. The van der Waals surface area contributed by atoms with Crippen LogP contribution in [0.2, 0.25) is 5.02 Å². The van der Waals surface area contributed by atoms with E-state index in [4.69, 9.17) is 21.9 Å². The van der Waals surface area contributed by atoms with Crippen LogP contribution >= 0.6 is 11.6 Å². The van der Waals surface area contributed by atoms with E-state index in [1.807, 2.05) is 30.3 Å². The Morgan fingerprint density at radius 1 is 1.21 bits per heavy atom. The lowest BCUT2D eigenvalue weighted by Crippen LogP contribution is -2.45. The molecule has 0 spiro atoms. The number of hydrogen-bond donors (Lipinski definition) is 1. The van der Waals surface area contributed by atoms with Crippen LogP contribution in [-0.2, 0) is 21.4 Å². The van der Waals surface area contributed by atoms with Gasteiger partial charge in [0.1, 0.15) is 23.1 Å². The van der Waals surface area contributed by atoms with Crippen LogP contribution in [0.1, 0.15) is 49.0 Å². The van der Waals surface area contributed by atoms with E-state index in [1.54, 1.807) is 13.0 Å². The van der Waals surface area contributed by atoms with E-state index in [1.165, 1.54) is 12.1 Å². The molecule has 1 aromatic heterocycles. The van der Waals surface area contributed by atoms with Crippen LogP contribution in [-0.4, -0.2) is 16.8 Å². The molecule has 4 rings (SSSR count). The van der Waals surface area contributed by atoms with Crippen LogP contribution in [0.3, 0.4) is 0 Å². The number of carbonyl (C=O) groups is 2. The van der Waals surface area contributed by atoms with Crippen molar-refractivity contribution in [3.8, 4) is 11.3 Å². The summed E-state index contributed by atoms with van der Waals surface area (Å²) in [4.78, 5) is 25.7. The summed E-state index contributed by atoms with van der Waals surface area (Å²) in [5, 5.41) is 4.25. The van der Waals surface area contributed by atoms with Crippen molar-refractivity contribution in [1.82, 2.24) is 5.16 Å². The summed E-state index contributed by atoms with van der Waals surface area (Å²) in [5.74, 6) is -0.587. The topological polar surface area (TPSA) is 86.2 Å². The van der Waals surface area contributed by atoms with Crippen LogP contribution in [0.5, 0.6) is 0 Å². The molecular weight excluding hydrogens is 443 g/mol. The molecule has 2 atom stereocenters. The predicted molar refractivity (Wildman–Crippen MR) is 124 cm³/mol. The van der Waals surface area contributed by atoms with Crippen LogP contribution in [0.15, 0.2) is 53.1 Å². The average molecular weight is 469 g/mol. The molecule has 0 saturated heterocycles. The van der Waals surface area contributed by atoms with E-state index < -0.39 is 17.1 Å². The molecule has 1 fully saturated rings. The van der Waals surface area contributed by atoms with Crippen molar-refractivity contribution in [1.29, 1.82) is 0 Å². The molecule has 1 aliphatic rings. The van der Waals surface area contributed by atoms with Crippen LogP contribution in [0.25, 0.3) is 11.3 Å². The first-order valence-corrected chi connectivity index (χ1v) is 11.5. The van der Waals surface area contributed by atoms with Crippen molar-refractivity contribution >= 4 is 23.3 Å². The molecule has 1 saturated carbocycles. The Morgan fingerprint density at radius 2 is 1.97 bits per heavy atom. The summed E-state index contributed by atoms with van der Waals surface area (Å²) in [5.41, 5.74) is 6.60. The van der Waals surface area contributed by atoms with Crippen molar-refractivity contribution in [3.63, 3.8) is 0 Å². The highest BCUT2D eigenvalue weighted by Gasteiger charge is 2.47. The van der Waals surface area contributed by atoms with Gasteiger partial charge < -0.3 is 10.3 Å². The van der Waals surface area contributed by atoms with Crippen LogP contribution in [0.4, 0.5) is 4.39 Å². The van der Waals surface area contributed by atoms with Gasteiger partial charge in [-0.3, -0.25) is 9.59 Å². The number of benzene rings is 2. The third-order valence-electron chi connectivity index (χ3n) is 6.63. The SMILES string of the molecule is Cc1onc(-c2c(F)cccc2Cl)c1C1(C(N)=O)CCCC(CC(=O)Cc2ccccc2)C1. The molecule has 2 aromatic carbocycles. The molecule has 1 aliphatic carbocycles. The van der Waals surface area contributed by atoms with E-state index in [2.05, 4.69) is 5.16 Å². The zero-order valence-corrected chi connectivity index (χ0v) is 19.2. The third kappa shape index (κ3) is 4.58. The lowest BCUT2D eigenvalue weighted by molar-refractivity contribution is -0.127. The molecule has 0 bridgehead atoms. The number of ketones is 1. The Bertz CT molecular complexity index is 1160. The normalized spacial score (nSPS) is 20.5. The molecule has 0 aliphatic heterocycles. The van der Waals surface area contributed by atoms with Crippen molar-refractivity contribution < 1.29 is 18.5 Å². The maximum absolute atomic E-state index is 14.7. The van der Waals surface area contributed by atoms with Gasteiger partial charge in [-0.05, 0) is 49.8 Å². The number of carbonyl (C=O) groups excluding carboxylic acids is 2. The van der Waals surface area contributed by atoms with Gasteiger partial charge in [0.15, 0.2) is 0 Å². The molecule has 5 nitrogen and oxygen atoms in total. The summed E-state index contributed by atoms with van der Waals surface area (Å²) in [6.45, 7) is 1.69. The molecule has 2 unspecified atom stereocenters. The summed E-state index contributed by atoms with van der Waals surface area (Å²) < 4.78 is 20.2. The number of nitrogens with two attached hydrogens (primary N) is 1. The van der Waals surface area contributed by atoms with E-state index in [0.717, 1.165) is 12.0 Å². The minimum atomic E-state index is -1.11. The zero-order chi connectivity index (χ0) is 23.6. The van der Waals surface area contributed by atoms with Crippen LogP contribution < -0.4 is 5.73 Å². The summed E-state index contributed by atoms with van der Waals surface area (Å²) in [6, 6.07) is 13.9. The van der Waals surface area contributed by atoms with E-state index in [0.29, 0.717) is 43.4 Å². The van der Waals surface area contributed by atoms with Crippen LogP contribution in [0, 0.1) is 18.7 Å². The number of primary amides is 1. The van der Waals surface area contributed by atoms with E-state index >= 15 is 0 Å². The molecule has 172 valence electrons. The molecule has 1 heterocycles.